The van der Waals surface area contributed by atoms with E-state index in [0.717, 1.165) is 95.7 Å². The van der Waals surface area contributed by atoms with E-state index in [1.54, 1.807) is 0 Å². The number of hydrogen-bond acceptors (Lipinski definition) is 7. The highest BCUT2D eigenvalue weighted by Gasteiger charge is 2.40. The lowest BCUT2D eigenvalue weighted by Crippen LogP contribution is -2.47. The summed E-state index contributed by atoms with van der Waals surface area (Å²) in [6.07, 6.45) is 9.13. The Morgan fingerprint density at radius 1 is 0.667 bits per heavy atom. The van der Waals surface area contributed by atoms with Crippen LogP contribution in [0.2, 0.25) is 0 Å². The molecule has 7 nitrogen and oxygen atoms in total. The van der Waals surface area contributed by atoms with Gasteiger partial charge in [0, 0.05) is 34.2 Å². The molecular formula is C36H54Br2N2O5. The predicted molar refractivity (Wildman–Crippen MR) is 191 cm³/mol. The van der Waals surface area contributed by atoms with Gasteiger partial charge < -0.3 is 25.7 Å². The molecule has 0 saturated carbocycles. The van der Waals surface area contributed by atoms with Gasteiger partial charge in [0.25, 0.3) is 0 Å². The van der Waals surface area contributed by atoms with Crippen LogP contribution < -0.4 is 11.5 Å². The Hall–Kier alpha value is -2.10. The predicted octanol–water partition coefficient (Wildman–Crippen LogP) is 9.21. The van der Waals surface area contributed by atoms with Crippen LogP contribution in [0.1, 0.15) is 104 Å². The third kappa shape index (κ3) is 14.5. The van der Waals surface area contributed by atoms with Gasteiger partial charge in [-0.05, 0) is 113 Å². The molecule has 0 spiro atoms. The summed E-state index contributed by atoms with van der Waals surface area (Å²) in [5, 5.41) is 0. The van der Waals surface area contributed by atoms with Crippen molar-refractivity contribution < 1.29 is 23.8 Å². The number of nitrogens with two attached hydrogens (primary N) is 2. The summed E-state index contributed by atoms with van der Waals surface area (Å²) in [7, 11) is 0. The first-order valence-electron chi connectivity index (χ1n) is 16.2. The first-order valence-corrected chi connectivity index (χ1v) is 17.7. The van der Waals surface area contributed by atoms with Crippen LogP contribution in [0.5, 0.6) is 0 Å². The molecule has 0 aromatic heterocycles. The van der Waals surface area contributed by atoms with Gasteiger partial charge in [0.05, 0.1) is 24.4 Å². The second-order valence-corrected chi connectivity index (χ2v) is 15.0. The van der Waals surface area contributed by atoms with E-state index in [2.05, 4.69) is 71.7 Å². The molecule has 0 aliphatic carbocycles. The summed E-state index contributed by atoms with van der Waals surface area (Å²) >= 11 is 7.07. The first-order chi connectivity index (χ1) is 21.1. The van der Waals surface area contributed by atoms with Crippen molar-refractivity contribution in [1.82, 2.24) is 0 Å². The number of unbranched alkanes of at least 4 members (excludes halogenated alkanes) is 4. The fraction of sp³-hybridized carbons (Fsp3) is 0.611. The second kappa shape index (κ2) is 18.9. The van der Waals surface area contributed by atoms with Crippen molar-refractivity contribution in [1.29, 1.82) is 0 Å². The quantitative estimate of drug-likeness (QED) is 0.0788. The minimum absolute atomic E-state index is 0.205. The second-order valence-electron chi connectivity index (χ2n) is 13.2. The Kier molecular flexibility index (Phi) is 16.4. The molecule has 2 aromatic rings. The Bertz CT molecular complexity index is 1140. The molecule has 0 radical (unpaired) electrons. The lowest BCUT2D eigenvalue weighted by atomic mass is 9.77. The maximum Gasteiger partial charge on any atom is 0.302 e. The van der Waals surface area contributed by atoms with Gasteiger partial charge >= 0.3 is 11.9 Å². The van der Waals surface area contributed by atoms with Crippen molar-refractivity contribution in [3.8, 4) is 0 Å². The van der Waals surface area contributed by atoms with Gasteiger partial charge in [-0.2, -0.15) is 0 Å². The zero-order valence-corrected chi connectivity index (χ0v) is 31.2. The number of rotatable bonds is 20. The Morgan fingerprint density at radius 2 is 1.04 bits per heavy atom. The number of ether oxygens (including phenoxy) is 3. The van der Waals surface area contributed by atoms with Crippen LogP contribution in [0.3, 0.4) is 0 Å². The van der Waals surface area contributed by atoms with E-state index in [4.69, 9.17) is 25.7 Å². The number of carbonyl (C=O) groups is 2. The molecule has 2 unspecified atom stereocenters. The van der Waals surface area contributed by atoms with E-state index in [9.17, 15) is 9.59 Å². The average Bonchev–Trinajstić information content (AvgIpc) is 2.92. The van der Waals surface area contributed by atoms with Crippen LogP contribution in [0.25, 0.3) is 0 Å². The Balaban J connectivity index is 2.25. The third-order valence-corrected chi connectivity index (χ3v) is 9.63. The number of esters is 2. The van der Waals surface area contributed by atoms with Crippen LogP contribution in [-0.4, -0.2) is 36.4 Å². The van der Waals surface area contributed by atoms with E-state index in [1.807, 2.05) is 24.3 Å². The lowest BCUT2D eigenvalue weighted by Gasteiger charge is -2.45. The number of anilines is 2. The van der Waals surface area contributed by atoms with Crippen molar-refractivity contribution in [2.24, 2.45) is 11.8 Å². The summed E-state index contributed by atoms with van der Waals surface area (Å²) in [4.78, 5) is 22.3. The van der Waals surface area contributed by atoms with E-state index >= 15 is 0 Å². The van der Waals surface area contributed by atoms with Gasteiger partial charge in [-0.3, -0.25) is 9.59 Å². The zero-order valence-electron chi connectivity index (χ0n) is 28.1. The number of benzene rings is 2. The minimum atomic E-state index is -0.461. The zero-order chi connectivity index (χ0) is 33.6. The van der Waals surface area contributed by atoms with Gasteiger partial charge in [-0.1, -0.05) is 69.7 Å². The number of halogens is 2. The lowest BCUT2D eigenvalue weighted by molar-refractivity contribution is -0.175. The summed E-state index contributed by atoms with van der Waals surface area (Å²) in [6, 6.07) is 12.2. The highest BCUT2D eigenvalue weighted by Crippen LogP contribution is 2.40. The van der Waals surface area contributed by atoms with E-state index in [0.29, 0.717) is 13.2 Å². The molecule has 0 heterocycles. The van der Waals surface area contributed by atoms with Gasteiger partial charge in [0.15, 0.2) is 0 Å². The molecule has 252 valence electrons. The maximum absolute atomic E-state index is 11.2. The van der Waals surface area contributed by atoms with Crippen LogP contribution in [-0.2, 0) is 36.6 Å². The summed E-state index contributed by atoms with van der Waals surface area (Å²) in [6.45, 7) is 12.6. The fourth-order valence-electron chi connectivity index (χ4n) is 6.04. The molecule has 2 aromatic carbocycles. The molecular weight excluding hydrogens is 700 g/mol. The summed E-state index contributed by atoms with van der Waals surface area (Å²) in [5.41, 5.74) is 15.8. The molecule has 2 atom stereocenters. The number of hydrogen-bond donors (Lipinski definition) is 2. The summed E-state index contributed by atoms with van der Waals surface area (Å²) < 4.78 is 19.4. The average molecular weight is 755 g/mol. The third-order valence-electron chi connectivity index (χ3n) is 8.65. The Labute approximate surface area is 287 Å². The van der Waals surface area contributed by atoms with Crippen molar-refractivity contribution in [3.05, 3.63) is 56.5 Å². The Morgan fingerprint density at radius 3 is 1.38 bits per heavy atom. The molecule has 0 bridgehead atoms. The van der Waals surface area contributed by atoms with Crippen LogP contribution in [0.15, 0.2) is 45.3 Å². The van der Waals surface area contributed by atoms with E-state index in [1.165, 1.54) is 13.8 Å². The van der Waals surface area contributed by atoms with E-state index < -0.39 is 11.2 Å². The molecule has 2 rings (SSSR count). The van der Waals surface area contributed by atoms with Crippen LogP contribution in [0, 0.1) is 11.8 Å². The van der Waals surface area contributed by atoms with E-state index in [-0.39, 0.29) is 23.8 Å². The SMILES string of the molecule is CC(=O)OCCCCCC(Cc1ccc(Br)cc1N)C(C)(C)OC(C)(C)C(CCCCCOC(C)=O)Cc1ccc(Br)cc1N. The molecule has 4 N–H and O–H groups in total. The molecule has 0 aliphatic heterocycles. The van der Waals surface area contributed by atoms with Gasteiger partial charge in [0.2, 0.25) is 0 Å². The van der Waals surface area contributed by atoms with Crippen molar-refractivity contribution >= 4 is 55.2 Å². The molecule has 0 saturated heterocycles. The van der Waals surface area contributed by atoms with Crippen LogP contribution in [0.4, 0.5) is 11.4 Å². The maximum atomic E-state index is 11.2. The summed E-state index contributed by atoms with van der Waals surface area (Å²) in [5.74, 6) is -0.0643. The monoisotopic (exact) mass is 752 g/mol. The highest BCUT2D eigenvalue weighted by atomic mass is 79.9. The minimum Gasteiger partial charge on any atom is -0.466 e. The number of carbonyl (C=O) groups excluding carboxylic acids is 2. The fourth-order valence-corrected chi connectivity index (χ4v) is 6.80. The number of nitrogen functional groups attached to an aromatic ring is 2. The van der Waals surface area contributed by atoms with Gasteiger partial charge in [-0.15, -0.1) is 0 Å². The van der Waals surface area contributed by atoms with Crippen molar-refractivity contribution in [2.75, 3.05) is 24.7 Å². The largest absolute Gasteiger partial charge is 0.466 e. The highest BCUT2D eigenvalue weighted by molar-refractivity contribution is 9.10. The van der Waals surface area contributed by atoms with Crippen molar-refractivity contribution in [2.45, 2.75) is 117 Å². The van der Waals surface area contributed by atoms with Gasteiger partial charge in [0.1, 0.15) is 0 Å². The first kappa shape index (κ1) is 39.1. The van der Waals surface area contributed by atoms with Gasteiger partial charge in [-0.25, -0.2) is 0 Å². The molecule has 0 fully saturated rings. The molecule has 0 amide bonds. The molecule has 45 heavy (non-hydrogen) atoms. The normalized spacial score (nSPS) is 13.3. The van der Waals surface area contributed by atoms with Crippen molar-refractivity contribution in [3.63, 3.8) is 0 Å². The topological polar surface area (TPSA) is 114 Å². The van der Waals surface area contributed by atoms with Crippen LogP contribution >= 0.6 is 31.9 Å². The standard InChI is InChI=1S/C36H54Br2N2O5/c1-25(41)43-19-11-7-9-13-29(21-27-15-17-31(37)23-33(27)39)35(3,4)45-36(5,6)30(14-10-8-12-20-44-26(2)42)22-28-16-18-32(38)24-34(28)40/h15-18,23-24,29-30H,7-14,19-22,39-40H2,1-6H3. The molecule has 0 aliphatic rings. The molecule has 9 heteroatoms. The smallest absolute Gasteiger partial charge is 0.302 e.